The van der Waals surface area contributed by atoms with Gasteiger partial charge >= 0.3 is 5.97 Å². The summed E-state index contributed by atoms with van der Waals surface area (Å²) in [6.07, 6.45) is 6.50. The largest absolute Gasteiger partial charge is 0.469 e. The number of carbonyl (C=O) groups is 1. The molecule has 0 aromatic carbocycles. The van der Waals surface area contributed by atoms with Crippen molar-refractivity contribution in [3.8, 4) is 0 Å². The SMILES string of the molecule is COC(=O)C1CCCCC(NCCN)CC1. The van der Waals surface area contributed by atoms with Gasteiger partial charge in [0.05, 0.1) is 13.0 Å². The molecule has 1 rings (SSSR count). The van der Waals surface area contributed by atoms with Gasteiger partial charge < -0.3 is 15.8 Å². The van der Waals surface area contributed by atoms with Crippen molar-refractivity contribution >= 4 is 5.97 Å². The molecule has 0 spiro atoms. The zero-order valence-electron chi connectivity index (χ0n) is 10.2. The first-order valence-corrected chi connectivity index (χ1v) is 6.29. The van der Waals surface area contributed by atoms with Crippen LogP contribution in [0.25, 0.3) is 0 Å². The molecule has 2 unspecified atom stereocenters. The number of nitrogens with one attached hydrogen (secondary N) is 1. The van der Waals surface area contributed by atoms with Gasteiger partial charge in [-0.3, -0.25) is 4.79 Å². The van der Waals surface area contributed by atoms with E-state index in [1.54, 1.807) is 0 Å². The van der Waals surface area contributed by atoms with E-state index in [1.807, 2.05) is 0 Å². The van der Waals surface area contributed by atoms with Crippen LogP contribution in [-0.4, -0.2) is 32.2 Å². The van der Waals surface area contributed by atoms with Gasteiger partial charge in [-0.1, -0.05) is 12.8 Å². The summed E-state index contributed by atoms with van der Waals surface area (Å²) in [5.74, 6) is 0.0620. The Morgan fingerprint density at radius 2 is 2.06 bits per heavy atom. The molecule has 0 amide bonds. The van der Waals surface area contributed by atoms with Crippen LogP contribution in [0.4, 0.5) is 0 Å². The maximum atomic E-state index is 11.5. The van der Waals surface area contributed by atoms with Crippen molar-refractivity contribution in [1.29, 1.82) is 0 Å². The maximum Gasteiger partial charge on any atom is 0.308 e. The predicted molar refractivity (Wildman–Crippen MR) is 64.1 cm³/mol. The van der Waals surface area contributed by atoms with Gasteiger partial charge in [-0.05, 0) is 25.7 Å². The average Bonchev–Trinajstić information content (AvgIpc) is 2.27. The molecule has 4 nitrogen and oxygen atoms in total. The Bertz CT molecular complexity index is 207. The van der Waals surface area contributed by atoms with Crippen molar-refractivity contribution in [2.75, 3.05) is 20.2 Å². The van der Waals surface area contributed by atoms with Gasteiger partial charge in [0.15, 0.2) is 0 Å². The minimum Gasteiger partial charge on any atom is -0.469 e. The molecule has 16 heavy (non-hydrogen) atoms. The monoisotopic (exact) mass is 228 g/mol. The van der Waals surface area contributed by atoms with Gasteiger partial charge in [-0.15, -0.1) is 0 Å². The molecule has 0 saturated heterocycles. The fourth-order valence-corrected chi connectivity index (χ4v) is 2.37. The van der Waals surface area contributed by atoms with Gasteiger partial charge in [0, 0.05) is 19.1 Å². The van der Waals surface area contributed by atoms with E-state index in [4.69, 9.17) is 10.5 Å². The second-order valence-electron chi connectivity index (χ2n) is 4.52. The molecule has 1 fully saturated rings. The van der Waals surface area contributed by atoms with Crippen LogP contribution >= 0.6 is 0 Å². The quantitative estimate of drug-likeness (QED) is 0.706. The van der Waals surface area contributed by atoms with Gasteiger partial charge in [0.1, 0.15) is 0 Å². The molecule has 0 heterocycles. The summed E-state index contributed by atoms with van der Waals surface area (Å²) in [4.78, 5) is 11.5. The summed E-state index contributed by atoms with van der Waals surface area (Å²) < 4.78 is 4.82. The van der Waals surface area contributed by atoms with Crippen LogP contribution in [0.3, 0.4) is 0 Å². The van der Waals surface area contributed by atoms with Crippen molar-refractivity contribution < 1.29 is 9.53 Å². The number of rotatable bonds is 4. The van der Waals surface area contributed by atoms with E-state index in [1.165, 1.54) is 20.0 Å². The number of nitrogens with two attached hydrogens (primary N) is 1. The lowest BCUT2D eigenvalue weighted by Gasteiger charge is -2.24. The number of hydrogen-bond donors (Lipinski definition) is 2. The lowest BCUT2D eigenvalue weighted by Crippen LogP contribution is -2.35. The second kappa shape index (κ2) is 7.63. The Morgan fingerprint density at radius 1 is 1.31 bits per heavy atom. The molecule has 3 N–H and O–H groups in total. The minimum absolute atomic E-state index is 0.0422. The lowest BCUT2D eigenvalue weighted by atomic mass is 9.89. The highest BCUT2D eigenvalue weighted by molar-refractivity contribution is 5.72. The molecule has 4 heteroatoms. The molecule has 1 aliphatic rings. The highest BCUT2D eigenvalue weighted by Gasteiger charge is 2.22. The molecular weight excluding hydrogens is 204 g/mol. The van der Waals surface area contributed by atoms with E-state index in [2.05, 4.69) is 5.32 Å². The lowest BCUT2D eigenvalue weighted by molar-refractivity contribution is -0.146. The Morgan fingerprint density at radius 3 is 2.75 bits per heavy atom. The van der Waals surface area contributed by atoms with Crippen molar-refractivity contribution in [2.45, 2.75) is 44.6 Å². The summed E-state index contributed by atoms with van der Waals surface area (Å²) >= 11 is 0. The number of esters is 1. The van der Waals surface area contributed by atoms with Crippen molar-refractivity contribution in [3.05, 3.63) is 0 Å². The highest BCUT2D eigenvalue weighted by Crippen LogP contribution is 2.23. The molecule has 2 atom stereocenters. The zero-order chi connectivity index (χ0) is 11.8. The standard InChI is InChI=1S/C12H24N2O2/c1-16-12(15)10-4-2-3-5-11(7-6-10)14-9-8-13/h10-11,14H,2-9,13H2,1H3. The number of ether oxygens (including phenoxy) is 1. The summed E-state index contributed by atoms with van der Waals surface area (Å²) in [5.41, 5.74) is 5.48. The molecule has 0 bridgehead atoms. The van der Waals surface area contributed by atoms with E-state index >= 15 is 0 Å². The van der Waals surface area contributed by atoms with Crippen LogP contribution < -0.4 is 11.1 Å². The van der Waals surface area contributed by atoms with E-state index in [-0.39, 0.29) is 11.9 Å². The van der Waals surface area contributed by atoms with E-state index in [0.29, 0.717) is 12.6 Å². The third-order valence-electron chi connectivity index (χ3n) is 3.33. The average molecular weight is 228 g/mol. The van der Waals surface area contributed by atoms with Crippen molar-refractivity contribution in [3.63, 3.8) is 0 Å². The second-order valence-corrected chi connectivity index (χ2v) is 4.52. The number of hydrogen-bond acceptors (Lipinski definition) is 4. The molecular formula is C12H24N2O2. The molecule has 1 saturated carbocycles. The van der Waals surface area contributed by atoms with Crippen LogP contribution in [0.2, 0.25) is 0 Å². The molecule has 0 aromatic heterocycles. The molecule has 0 aliphatic heterocycles. The van der Waals surface area contributed by atoms with Crippen molar-refractivity contribution in [2.24, 2.45) is 11.7 Å². The predicted octanol–water partition coefficient (Wildman–Crippen LogP) is 1.05. The normalized spacial score (nSPS) is 26.9. The summed E-state index contributed by atoms with van der Waals surface area (Å²) in [5, 5.41) is 3.44. The topological polar surface area (TPSA) is 64.3 Å². The summed E-state index contributed by atoms with van der Waals surface area (Å²) in [6.45, 7) is 1.55. The van der Waals surface area contributed by atoms with Gasteiger partial charge in [0.2, 0.25) is 0 Å². The summed E-state index contributed by atoms with van der Waals surface area (Å²) in [6, 6.07) is 0.524. The molecule has 0 aromatic rings. The fraction of sp³-hybridized carbons (Fsp3) is 0.917. The smallest absolute Gasteiger partial charge is 0.308 e. The first-order chi connectivity index (χ1) is 7.77. The Balaban J connectivity index is 2.36. The Labute approximate surface area is 97.9 Å². The van der Waals surface area contributed by atoms with Crippen LogP contribution in [0, 0.1) is 5.92 Å². The maximum absolute atomic E-state index is 11.5. The highest BCUT2D eigenvalue weighted by atomic mass is 16.5. The van der Waals surface area contributed by atoms with E-state index < -0.39 is 0 Å². The third kappa shape index (κ3) is 4.49. The van der Waals surface area contributed by atoms with E-state index in [9.17, 15) is 4.79 Å². The first kappa shape index (κ1) is 13.5. The van der Waals surface area contributed by atoms with Crippen molar-refractivity contribution in [1.82, 2.24) is 5.32 Å². The molecule has 0 radical (unpaired) electrons. The Kier molecular flexibility index (Phi) is 6.42. The van der Waals surface area contributed by atoms with Crippen LogP contribution in [0.5, 0.6) is 0 Å². The Hall–Kier alpha value is -0.610. The summed E-state index contributed by atoms with van der Waals surface area (Å²) in [7, 11) is 1.48. The third-order valence-corrected chi connectivity index (χ3v) is 3.33. The molecule has 1 aliphatic carbocycles. The van der Waals surface area contributed by atoms with Crippen LogP contribution in [0.15, 0.2) is 0 Å². The molecule has 94 valence electrons. The van der Waals surface area contributed by atoms with Gasteiger partial charge in [-0.2, -0.15) is 0 Å². The number of methoxy groups -OCH3 is 1. The van der Waals surface area contributed by atoms with Gasteiger partial charge in [-0.25, -0.2) is 0 Å². The van der Waals surface area contributed by atoms with Gasteiger partial charge in [0.25, 0.3) is 0 Å². The zero-order valence-corrected chi connectivity index (χ0v) is 10.2. The minimum atomic E-state index is -0.0422. The van der Waals surface area contributed by atoms with Crippen LogP contribution in [-0.2, 0) is 9.53 Å². The van der Waals surface area contributed by atoms with Crippen LogP contribution in [0.1, 0.15) is 38.5 Å². The van der Waals surface area contributed by atoms with E-state index in [0.717, 1.165) is 32.2 Å². The first-order valence-electron chi connectivity index (χ1n) is 6.29. The fourth-order valence-electron chi connectivity index (χ4n) is 2.37. The number of carbonyl (C=O) groups excluding carboxylic acids is 1.